The first-order chi connectivity index (χ1) is 13.9. The summed E-state index contributed by atoms with van der Waals surface area (Å²) in [6, 6.07) is 7.46. The molecule has 1 fully saturated rings. The van der Waals surface area contributed by atoms with Gasteiger partial charge in [-0.3, -0.25) is 4.79 Å². The van der Waals surface area contributed by atoms with E-state index in [9.17, 15) is 18.0 Å². The summed E-state index contributed by atoms with van der Waals surface area (Å²) in [6.07, 6.45) is -3.55. The molecule has 1 aliphatic rings. The zero-order valence-electron chi connectivity index (χ0n) is 15.4. The molecule has 0 radical (unpaired) electrons. The van der Waals surface area contributed by atoms with Gasteiger partial charge in [0.1, 0.15) is 11.3 Å². The van der Waals surface area contributed by atoms with E-state index in [4.69, 9.17) is 9.47 Å². The van der Waals surface area contributed by atoms with Crippen molar-refractivity contribution in [2.24, 2.45) is 0 Å². The molecule has 2 aromatic heterocycles. The molecule has 1 aliphatic heterocycles. The van der Waals surface area contributed by atoms with E-state index in [0.717, 1.165) is 12.3 Å². The molecule has 0 aliphatic carbocycles. The van der Waals surface area contributed by atoms with Crippen molar-refractivity contribution in [3.63, 3.8) is 0 Å². The molecule has 1 amide bonds. The van der Waals surface area contributed by atoms with Gasteiger partial charge in [-0.25, -0.2) is 9.50 Å². The maximum Gasteiger partial charge on any atom is 0.433 e. The number of ether oxygens (including phenoxy) is 2. The first kappa shape index (κ1) is 19.2. The molecule has 152 valence electrons. The highest BCUT2D eigenvalue weighted by atomic mass is 19.4. The standard InChI is InChI=1S/C19H17F3N4O3/c1-28-13-4-2-3-12(9-13)15-10-16(19(20,21)22)26-17(24-15)14(11-23-26)18(27)25-5-7-29-8-6-25/h2-4,9-11H,5-8H2,1H3. The molecule has 1 saturated heterocycles. The molecule has 0 unspecified atom stereocenters. The van der Waals surface area contributed by atoms with Crippen molar-refractivity contribution in [3.05, 3.63) is 47.8 Å². The first-order valence-electron chi connectivity index (χ1n) is 8.86. The molecule has 0 bridgehead atoms. The van der Waals surface area contributed by atoms with Gasteiger partial charge >= 0.3 is 6.18 Å². The minimum Gasteiger partial charge on any atom is -0.497 e. The Kier molecular flexibility index (Phi) is 4.87. The number of hydrogen-bond donors (Lipinski definition) is 0. The van der Waals surface area contributed by atoms with Crippen molar-refractivity contribution in [2.75, 3.05) is 33.4 Å². The highest BCUT2D eigenvalue weighted by molar-refractivity contribution is 6.00. The zero-order valence-corrected chi connectivity index (χ0v) is 15.4. The van der Waals surface area contributed by atoms with Crippen molar-refractivity contribution in [1.29, 1.82) is 0 Å². The van der Waals surface area contributed by atoms with Crippen LogP contribution in [0.3, 0.4) is 0 Å². The lowest BCUT2D eigenvalue weighted by Crippen LogP contribution is -2.40. The van der Waals surface area contributed by atoms with E-state index in [0.29, 0.717) is 42.1 Å². The number of rotatable bonds is 3. The molecule has 0 atom stereocenters. The number of alkyl halides is 3. The van der Waals surface area contributed by atoms with Crippen molar-refractivity contribution in [3.8, 4) is 17.0 Å². The second-order valence-corrected chi connectivity index (χ2v) is 6.45. The van der Waals surface area contributed by atoms with Crippen LogP contribution in [0.25, 0.3) is 16.9 Å². The van der Waals surface area contributed by atoms with Crippen LogP contribution in [0.15, 0.2) is 36.5 Å². The number of halogens is 3. The van der Waals surface area contributed by atoms with E-state index in [1.54, 1.807) is 24.3 Å². The number of hydrogen-bond acceptors (Lipinski definition) is 5. The van der Waals surface area contributed by atoms with Crippen LogP contribution in [-0.2, 0) is 10.9 Å². The topological polar surface area (TPSA) is 69.0 Å². The van der Waals surface area contributed by atoms with Crippen molar-refractivity contribution < 1.29 is 27.4 Å². The summed E-state index contributed by atoms with van der Waals surface area (Å²) in [4.78, 5) is 18.7. The number of morpholine rings is 1. The summed E-state index contributed by atoms with van der Waals surface area (Å²) < 4.78 is 52.1. The molecule has 1 aromatic carbocycles. The zero-order chi connectivity index (χ0) is 20.6. The third kappa shape index (κ3) is 3.63. The molecule has 7 nitrogen and oxygen atoms in total. The van der Waals surface area contributed by atoms with Gasteiger partial charge in [0, 0.05) is 18.7 Å². The van der Waals surface area contributed by atoms with E-state index < -0.39 is 17.8 Å². The van der Waals surface area contributed by atoms with Crippen LogP contribution < -0.4 is 4.74 Å². The van der Waals surface area contributed by atoms with Crippen LogP contribution in [0.1, 0.15) is 16.1 Å². The van der Waals surface area contributed by atoms with E-state index in [-0.39, 0.29) is 16.9 Å². The van der Waals surface area contributed by atoms with Gasteiger partial charge in [-0.2, -0.15) is 18.3 Å². The minimum absolute atomic E-state index is 0.0159. The Morgan fingerprint density at radius 2 is 1.97 bits per heavy atom. The third-order valence-corrected chi connectivity index (χ3v) is 4.66. The molecule has 29 heavy (non-hydrogen) atoms. The molecule has 3 heterocycles. The molecule has 3 aromatic rings. The normalized spacial score (nSPS) is 15.0. The van der Waals surface area contributed by atoms with Gasteiger partial charge in [-0.1, -0.05) is 12.1 Å². The van der Waals surface area contributed by atoms with Crippen LogP contribution in [-0.4, -0.2) is 58.8 Å². The van der Waals surface area contributed by atoms with Crippen molar-refractivity contribution in [2.45, 2.75) is 6.18 Å². The summed E-state index contributed by atoms with van der Waals surface area (Å²) >= 11 is 0. The fourth-order valence-corrected chi connectivity index (χ4v) is 3.18. The molecule has 0 N–H and O–H groups in total. The van der Waals surface area contributed by atoms with Crippen molar-refractivity contribution >= 4 is 11.6 Å². The first-order valence-corrected chi connectivity index (χ1v) is 8.86. The van der Waals surface area contributed by atoms with E-state index in [1.807, 2.05) is 0 Å². The second kappa shape index (κ2) is 7.36. The number of methoxy groups -OCH3 is 1. The summed E-state index contributed by atoms with van der Waals surface area (Å²) in [5.41, 5.74) is -0.638. The van der Waals surface area contributed by atoms with E-state index in [2.05, 4.69) is 10.1 Å². The van der Waals surface area contributed by atoms with Crippen LogP contribution in [0, 0.1) is 0 Å². The van der Waals surface area contributed by atoms with Gasteiger partial charge in [0.25, 0.3) is 5.91 Å². The minimum atomic E-state index is -4.68. The van der Waals surface area contributed by atoms with Gasteiger partial charge in [0.05, 0.1) is 32.2 Å². The Bertz CT molecular complexity index is 1060. The summed E-state index contributed by atoms with van der Waals surface area (Å²) in [5.74, 6) is 0.0579. The molecular formula is C19H17F3N4O3. The van der Waals surface area contributed by atoms with Gasteiger partial charge in [-0.05, 0) is 18.2 Å². The lowest BCUT2D eigenvalue weighted by molar-refractivity contribution is -0.142. The van der Waals surface area contributed by atoms with Crippen molar-refractivity contribution in [1.82, 2.24) is 19.5 Å². The largest absolute Gasteiger partial charge is 0.497 e. The van der Waals surface area contributed by atoms with Gasteiger partial charge in [0.2, 0.25) is 0 Å². The van der Waals surface area contributed by atoms with Crippen LogP contribution in [0.2, 0.25) is 0 Å². The Morgan fingerprint density at radius 3 is 2.66 bits per heavy atom. The molecule has 0 spiro atoms. The van der Waals surface area contributed by atoms with E-state index in [1.165, 1.54) is 12.0 Å². The maximum atomic E-state index is 13.7. The molecule has 0 saturated carbocycles. The third-order valence-electron chi connectivity index (χ3n) is 4.66. The summed E-state index contributed by atoms with van der Waals surface area (Å²) in [5, 5.41) is 3.80. The Morgan fingerprint density at radius 1 is 1.21 bits per heavy atom. The number of amides is 1. The number of carbonyl (C=O) groups is 1. The Labute approximate surface area is 163 Å². The number of benzene rings is 1. The van der Waals surface area contributed by atoms with Crippen LogP contribution in [0.4, 0.5) is 13.2 Å². The number of carbonyl (C=O) groups excluding carboxylic acids is 1. The van der Waals surface area contributed by atoms with Gasteiger partial charge in [0.15, 0.2) is 11.3 Å². The fraction of sp³-hybridized carbons (Fsp3) is 0.316. The Balaban J connectivity index is 1.88. The summed E-state index contributed by atoms with van der Waals surface area (Å²) in [6.45, 7) is 1.47. The maximum absolute atomic E-state index is 13.7. The van der Waals surface area contributed by atoms with Crippen LogP contribution >= 0.6 is 0 Å². The average molecular weight is 406 g/mol. The Hall–Kier alpha value is -3.14. The number of fused-ring (bicyclic) bond motifs is 1. The van der Waals surface area contributed by atoms with Gasteiger partial charge < -0.3 is 14.4 Å². The molecular weight excluding hydrogens is 389 g/mol. The SMILES string of the molecule is COc1cccc(-c2cc(C(F)(F)F)n3ncc(C(=O)N4CCOCC4)c3n2)c1. The predicted octanol–water partition coefficient (Wildman–Crippen LogP) is 2.90. The lowest BCUT2D eigenvalue weighted by Gasteiger charge is -2.26. The smallest absolute Gasteiger partial charge is 0.433 e. The average Bonchev–Trinajstić information content (AvgIpc) is 3.16. The second-order valence-electron chi connectivity index (χ2n) is 6.45. The number of aromatic nitrogens is 3. The monoisotopic (exact) mass is 406 g/mol. The fourth-order valence-electron chi connectivity index (χ4n) is 3.18. The van der Waals surface area contributed by atoms with E-state index >= 15 is 0 Å². The highest BCUT2D eigenvalue weighted by Crippen LogP contribution is 2.33. The molecule has 10 heteroatoms. The quantitative estimate of drug-likeness (QED) is 0.669. The number of nitrogens with zero attached hydrogens (tertiary/aromatic N) is 4. The summed E-state index contributed by atoms with van der Waals surface area (Å²) in [7, 11) is 1.47. The molecule has 4 rings (SSSR count). The predicted molar refractivity (Wildman–Crippen MR) is 96.7 cm³/mol. The lowest BCUT2D eigenvalue weighted by atomic mass is 10.1. The highest BCUT2D eigenvalue weighted by Gasteiger charge is 2.36. The van der Waals surface area contributed by atoms with Gasteiger partial charge in [-0.15, -0.1) is 0 Å². The van der Waals surface area contributed by atoms with Crippen LogP contribution in [0.5, 0.6) is 5.75 Å².